The Balaban J connectivity index is 1.37. The first-order chi connectivity index (χ1) is 13.1. The second-order valence-corrected chi connectivity index (χ2v) is 7.28. The molecule has 0 spiro atoms. The first-order valence-corrected chi connectivity index (χ1v) is 9.69. The summed E-state index contributed by atoms with van der Waals surface area (Å²) < 4.78 is 5.13. The lowest BCUT2D eigenvalue weighted by Crippen LogP contribution is -2.49. The SMILES string of the molecule is Cc1noc(C)c1C(=O)N1CCN(c2ccc(N3CCCCC3)nn2)CC1. The predicted octanol–water partition coefficient (Wildman–Crippen LogP) is 2.03. The Bertz CT molecular complexity index is 770. The molecule has 2 saturated heterocycles. The molecule has 0 aromatic carbocycles. The maximum atomic E-state index is 12.7. The van der Waals surface area contributed by atoms with Gasteiger partial charge in [0.2, 0.25) is 0 Å². The monoisotopic (exact) mass is 370 g/mol. The molecule has 4 rings (SSSR count). The largest absolute Gasteiger partial charge is 0.361 e. The van der Waals surface area contributed by atoms with Gasteiger partial charge in [-0.25, -0.2) is 0 Å². The smallest absolute Gasteiger partial charge is 0.259 e. The molecular formula is C19H26N6O2. The van der Waals surface area contributed by atoms with Crippen LogP contribution >= 0.6 is 0 Å². The maximum absolute atomic E-state index is 12.7. The molecule has 0 aliphatic carbocycles. The van der Waals surface area contributed by atoms with Gasteiger partial charge in [0.05, 0.1) is 5.69 Å². The first-order valence-electron chi connectivity index (χ1n) is 9.69. The van der Waals surface area contributed by atoms with Crippen LogP contribution in [-0.4, -0.2) is 65.4 Å². The highest BCUT2D eigenvalue weighted by Crippen LogP contribution is 2.21. The minimum atomic E-state index is -0.00238. The summed E-state index contributed by atoms with van der Waals surface area (Å²) in [6, 6.07) is 4.11. The van der Waals surface area contributed by atoms with Crippen LogP contribution in [0.4, 0.5) is 11.6 Å². The molecule has 0 bridgehead atoms. The molecule has 4 heterocycles. The lowest BCUT2D eigenvalue weighted by atomic mass is 10.1. The third-order valence-corrected chi connectivity index (χ3v) is 5.45. The second kappa shape index (κ2) is 7.54. The van der Waals surface area contributed by atoms with E-state index in [1.165, 1.54) is 19.3 Å². The molecule has 0 radical (unpaired) electrons. The highest BCUT2D eigenvalue weighted by atomic mass is 16.5. The van der Waals surface area contributed by atoms with Crippen LogP contribution in [0.2, 0.25) is 0 Å². The zero-order chi connectivity index (χ0) is 18.8. The van der Waals surface area contributed by atoms with Crippen LogP contribution in [0.15, 0.2) is 16.7 Å². The van der Waals surface area contributed by atoms with Gasteiger partial charge in [-0.05, 0) is 45.2 Å². The molecule has 2 fully saturated rings. The Hall–Kier alpha value is -2.64. The molecule has 8 heteroatoms. The van der Waals surface area contributed by atoms with Gasteiger partial charge >= 0.3 is 0 Å². The van der Waals surface area contributed by atoms with Crippen molar-refractivity contribution in [2.75, 3.05) is 49.1 Å². The van der Waals surface area contributed by atoms with Crippen LogP contribution in [0.25, 0.3) is 0 Å². The highest BCUT2D eigenvalue weighted by molar-refractivity contribution is 5.96. The average molecular weight is 370 g/mol. The number of carbonyl (C=O) groups excluding carboxylic acids is 1. The zero-order valence-electron chi connectivity index (χ0n) is 16.0. The van der Waals surface area contributed by atoms with Crippen molar-refractivity contribution in [3.8, 4) is 0 Å². The van der Waals surface area contributed by atoms with Gasteiger partial charge in [0.15, 0.2) is 11.6 Å². The Morgan fingerprint density at radius 2 is 1.48 bits per heavy atom. The van der Waals surface area contributed by atoms with Crippen molar-refractivity contribution in [3.63, 3.8) is 0 Å². The number of aryl methyl sites for hydroxylation is 2. The van der Waals surface area contributed by atoms with Crippen molar-refractivity contribution >= 4 is 17.5 Å². The molecule has 0 unspecified atom stereocenters. The number of rotatable bonds is 3. The van der Waals surface area contributed by atoms with Gasteiger partial charge in [-0.3, -0.25) is 4.79 Å². The quantitative estimate of drug-likeness (QED) is 0.818. The van der Waals surface area contributed by atoms with Gasteiger partial charge in [0.25, 0.3) is 5.91 Å². The van der Waals surface area contributed by atoms with E-state index in [9.17, 15) is 4.79 Å². The Kier molecular flexibility index (Phi) is 4.96. The molecule has 0 atom stereocenters. The van der Waals surface area contributed by atoms with Crippen LogP contribution in [-0.2, 0) is 0 Å². The molecule has 2 aromatic heterocycles. The van der Waals surface area contributed by atoms with Crippen molar-refractivity contribution in [1.82, 2.24) is 20.3 Å². The number of anilines is 2. The van der Waals surface area contributed by atoms with E-state index < -0.39 is 0 Å². The van der Waals surface area contributed by atoms with Gasteiger partial charge in [-0.1, -0.05) is 5.16 Å². The van der Waals surface area contributed by atoms with Crippen molar-refractivity contribution in [3.05, 3.63) is 29.2 Å². The number of hydrogen-bond acceptors (Lipinski definition) is 7. The molecule has 0 N–H and O–H groups in total. The number of carbonyl (C=O) groups is 1. The van der Waals surface area contributed by atoms with Gasteiger partial charge in [0.1, 0.15) is 11.3 Å². The molecule has 144 valence electrons. The summed E-state index contributed by atoms with van der Waals surface area (Å²) in [5.74, 6) is 2.42. The molecular weight excluding hydrogens is 344 g/mol. The van der Waals surface area contributed by atoms with E-state index in [0.29, 0.717) is 30.1 Å². The van der Waals surface area contributed by atoms with Crippen LogP contribution in [0.5, 0.6) is 0 Å². The summed E-state index contributed by atoms with van der Waals surface area (Å²) in [4.78, 5) is 19.1. The van der Waals surface area contributed by atoms with Crippen LogP contribution in [0, 0.1) is 13.8 Å². The second-order valence-electron chi connectivity index (χ2n) is 7.28. The molecule has 0 saturated carbocycles. The third-order valence-electron chi connectivity index (χ3n) is 5.45. The highest BCUT2D eigenvalue weighted by Gasteiger charge is 2.27. The summed E-state index contributed by atoms with van der Waals surface area (Å²) >= 11 is 0. The number of nitrogens with zero attached hydrogens (tertiary/aromatic N) is 6. The van der Waals surface area contributed by atoms with E-state index in [2.05, 4.69) is 31.2 Å². The maximum Gasteiger partial charge on any atom is 0.259 e. The molecule has 1 amide bonds. The Morgan fingerprint density at radius 1 is 0.889 bits per heavy atom. The topological polar surface area (TPSA) is 78.6 Å². The average Bonchev–Trinajstić information content (AvgIpc) is 3.06. The minimum absolute atomic E-state index is 0.00238. The standard InChI is InChI=1S/C19H26N6O2/c1-14-18(15(2)27-22-14)19(26)25-12-10-24(11-13-25)17-7-6-16(20-21-17)23-8-4-3-5-9-23/h6-7H,3-5,8-13H2,1-2H3. The Morgan fingerprint density at radius 3 is 2.00 bits per heavy atom. The molecule has 2 aliphatic rings. The lowest BCUT2D eigenvalue weighted by Gasteiger charge is -2.35. The number of amides is 1. The number of piperidine rings is 1. The summed E-state index contributed by atoms with van der Waals surface area (Å²) in [7, 11) is 0. The molecule has 2 aliphatic heterocycles. The van der Waals surface area contributed by atoms with Crippen LogP contribution in [0.3, 0.4) is 0 Å². The van der Waals surface area contributed by atoms with E-state index in [1.807, 2.05) is 11.0 Å². The van der Waals surface area contributed by atoms with Crippen molar-refractivity contribution in [1.29, 1.82) is 0 Å². The fourth-order valence-electron chi connectivity index (χ4n) is 3.86. The van der Waals surface area contributed by atoms with Crippen LogP contribution < -0.4 is 9.80 Å². The summed E-state index contributed by atoms with van der Waals surface area (Å²) in [5.41, 5.74) is 1.24. The first kappa shape index (κ1) is 17.8. The predicted molar refractivity (Wildman–Crippen MR) is 102 cm³/mol. The van der Waals surface area contributed by atoms with Gasteiger partial charge in [-0.15, -0.1) is 10.2 Å². The molecule has 2 aromatic rings. The third kappa shape index (κ3) is 3.61. The summed E-state index contributed by atoms with van der Waals surface area (Å²) in [6.07, 6.45) is 3.76. The minimum Gasteiger partial charge on any atom is -0.361 e. The molecule has 27 heavy (non-hydrogen) atoms. The van der Waals surface area contributed by atoms with E-state index in [4.69, 9.17) is 4.52 Å². The van der Waals surface area contributed by atoms with Crippen molar-refractivity contribution < 1.29 is 9.32 Å². The Labute approximate surface area is 159 Å². The van der Waals surface area contributed by atoms with E-state index in [-0.39, 0.29) is 5.91 Å². The summed E-state index contributed by atoms with van der Waals surface area (Å²) in [5, 5.41) is 12.7. The van der Waals surface area contributed by atoms with Gasteiger partial charge < -0.3 is 19.2 Å². The van der Waals surface area contributed by atoms with Gasteiger partial charge in [0, 0.05) is 39.3 Å². The normalized spacial score (nSPS) is 18.1. The van der Waals surface area contributed by atoms with E-state index in [0.717, 1.165) is 37.8 Å². The number of hydrogen-bond donors (Lipinski definition) is 0. The van der Waals surface area contributed by atoms with Crippen molar-refractivity contribution in [2.45, 2.75) is 33.1 Å². The zero-order valence-corrected chi connectivity index (χ0v) is 16.0. The van der Waals surface area contributed by atoms with Gasteiger partial charge in [-0.2, -0.15) is 0 Å². The fourth-order valence-corrected chi connectivity index (χ4v) is 3.86. The molecule has 8 nitrogen and oxygen atoms in total. The number of aromatic nitrogens is 3. The fraction of sp³-hybridized carbons (Fsp3) is 0.579. The summed E-state index contributed by atoms with van der Waals surface area (Å²) in [6.45, 7) is 8.51. The lowest BCUT2D eigenvalue weighted by molar-refractivity contribution is 0.0744. The van der Waals surface area contributed by atoms with E-state index in [1.54, 1.807) is 13.8 Å². The van der Waals surface area contributed by atoms with E-state index >= 15 is 0 Å². The van der Waals surface area contributed by atoms with Crippen molar-refractivity contribution in [2.24, 2.45) is 0 Å². The number of piperazine rings is 1. The van der Waals surface area contributed by atoms with Crippen LogP contribution in [0.1, 0.15) is 41.1 Å².